The van der Waals surface area contributed by atoms with Crippen molar-refractivity contribution in [1.29, 1.82) is 0 Å². The lowest BCUT2D eigenvalue weighted by Gasteiger charge is -2.47. The second-order valence-electron chi connectivity index (χ2n) is 19.2. The predicted octanol–water partition coefficient (Wildman–Crippen LogP) is 7.92. The molecule has 0 saturated carbocycles. The number of rotatable bonds is 13. The first-order valence-corrected chi connectivity index (χ1v) is 23.7. The number of benzene rings is 4. The molecule has 3 aliphatic heterocycles. The van der Waals surface area contributed by atoms with Gasteiger partial charge in [-0.3, -0.25) is 29.5 Å². The van der Waals surface area contributed by atoms with Crippen molar-refractivity contribution in [2.75, 3.05) is 63.1 Å². The quantitative estimate of drug-likeness (QED) is 0.0762. The van der Waals surface area contributed by atoms with Crippen LogP contribution in [0.1, 0.15) is 83.4 Å². The molecule has 4 aromatic carbocycles. The highest BCUT2D eigenvalue weighted by atomic mass is 19.1. The van der Waals surface area contributed by atoms with E-state index < -0.39 is 29.2 Å². The van der Waals surface area contributed by atoms with Gasteiger partial charge in [0.05, 0.1) is 29.7 Å². The maximum atomic E-state index is 15.2. The molecule has 6 aromatic rings. The summed E-state index contributed by atoms with van der Waals surface area (Å²) in [5.41, 5.74) is 5.17. The molecule has 3 aliphatic rings. The molecule has 2 aromatic heterocycles. The van der Waals surface area contributed by atoms with E-state index in [4.69, 9.17) is 4.74 Å². The number of ether oxygens (including phenoxy) is 1. The van der Waals surface area contributed by atoms with Crippen molar-refractivity contribution in [1.82, 2.24) is 35.4 Å². The molecule has 0 unspecified atom stereocenters. The average Bonchev–Trinajstić information content (AvgIpc) is 3.79. The number of aromatic amines is 1. The SMILES string of the molecule is COc1ccc(C(=O)NCCN2CCC3(CC2)CCN(Cc2ccc(-c4cc5c(-c6cc(F)cc(NC(=O)c7ccc(C(C)(C)O)cc7F)c6C)ncnc5[nH]4)cc2)CC3)cc1N1CCC(=O)NC1=O. The molecule has 364 valence electrons. The number of nitrogens with one attached hydrogen (secondary N) is 4. The van der Waals surface area contributed by atoms with Gasteiger partial charge in [-0.1, -0.05) is 30.3 Å². The lowest BCUT2D eigenvalue weighted by atomic mass is 9.71. The number of likely N-dealkylation sites (tertiary alicyclic amines) is 2. The van der Waals surface area contributed by atoms with E-state index in [2.05, 4.69) is 65.0 Å². The van der Waals surface area contributed by atoms with Crippen molar-refractivity contribution in [2.24, 2.45) is 5.41 Å². The van der Waals surface area contributed by atoms with Gasteiger partial charge in [-0.05, 0) is 149 Å². The van der Waals surface area contributed by atoms with E-state index in [1.54, 1.807) is 25.1 Å². The molecule has 17 heteroatoms. The van der Waals surface area contributed by atoms with Gasteiger partial charge in [-0.2, -0.15) is 0 Å². The van der Waals surface area contributed by atoms with Crippen LogP contribution in [0.25, 0.3) is 33.5 Å². The number of hydrogen-bond acceptors (Lipinski definition) is 10. The first-order chi connectivity index (χ1) is 33.6. The third kappa shape index (κ3) is 10.3. The molecule has 1 spiro atoms. The summed E-state index contributed by atoms with van der Waals surface area (Å²) in [5, 5.41) is 19.0. The maximum Gasteiger partial charge on any atom is 0.328 e. The number of carbonyl (C=O) groups excluding carboxylic acids is 4. The standard InChI is InChI=1S/C53H57F2N9O6/c1-32-39(27-37(54)28-42(32)60-50(67)38-11-10-36(26-41(38)55)52(2,3)69)47-40-29-43(59-48(40)58-31-57-47)34-7-5-33(6-8-34)30-63-22-16-53(17-23-63)14-20-62(21-15-53)24-18-56-49(66)35-9-12-45(70-4)44(25-35)64-19-13-46(65)61-51(64)68/h5-12,25-29,31,69H,13-24,30H2,1-4H3,(H,56,66)(H,60,67)(H,57,58,59)(H,61,65,68). The minimum Gasteiger partial charge on any atom is -0.495 e. The molecular formula is C53H57F2N9O6. The highest BCUT2D eigenvalue weighted by molar-refractivity contribution is 6.07. The van der Waals surface area contributed by atoms with Gasteiger partial charge in [-0.15, -0.1) is 0 Å². The number of aromatic nitrogens is 3. The van der Waals surface area contributed by atoms with Gasteiger partial charge in [0.25, 0.3) is 11.8 Å². The largest absolute Gasteiger partial charge is 0.495 e. The third-order valence-electron chi connectivity index (χ3n) is 14.2. The van der Waals surface area contributed by atoms with Crippen LogP contribution in [0.15, 0.2) is 85.2 Å². The van der Waals surface area contributed by atoms with Crippen LogP contribution in [0.3, 0.4) is 0 Å². The van der Waals surface area contributed by atoms with E-state index in [0.29, 0.717) is 62.4 Å². The Morgan fingerprint density at radius 3 is 2.29 bits per heavy atom. The van der Waals surface area contributed by atoms with Gasteiger partial charge < -0.3 is 30.4 Å². The van der Waals surface area contributed by atoms with Crippen LogP contribution in [0.2, 0.25) is 0 Å². The molecule has 0 radical (unpaired) electrons. The number of methoxy groups -OCH3 is 1. The van der Waals surface area contributed by atoms with Gasteiger partial charge in [0.15, 0.2) is 0 Å². The van der Waals surface area contributed by atoms with E-state index in [1.807, 2.05) is 6.07 Å². The van der Waals surface area contributed by atoms with Crippen LogP contribution < -0.4 is 25.6 Å². The number of amides is 5. The molecule has 0 atom stereocenters. The fraction of sp³-hybridized carbons (Fsp3) is 0.358. The number of aliphatic hydroxyl groups is 1. The molecule has 0 bridgehead atoms. The predicted molar refractivity (Wildman–Crippen MR) is 263 cm³/mol. The Morgan fingerprint density at radius 1 is 0.871 bits per heavy atom. The second kappa shape index (κ2) is 19.7. The minimum atomic E-state index is -1.29. The van der Waals surface area contributed by atoms with Crippen LogP contribution >= 0.6 is 0 Å². The normalized spacial score (nSPS) is 16.6. The van der Waals surface area contributed by atoms with E-state index >= 15 is 8.78 Å². The number of halogens is 2. The van der Waals surface area contributed by atoms with Gasteiger partial charge >= 0.3 is 6.03 Å². The Labute approximate surface area is 404 Å². The van der Waals surface area contributed by atoms with Gasteiger partial charge in [0, 0.05) is 60.5 Å². The summed E-state index contributed by atoms with van der Waals surface area (Å²) in [4.78, 5) is 69.3. The van der Waals surface area contributed by atoms with Crippen LogP contribution in [-0.4, -0.2) is 107 Å². The van der Waals surface area contributed by atoms with Crippen molar-refractivity contribution < 1.29 is 37.8 Å². The number of carbonyl (C=O) groups is 4. The highest BCUT2D eigenvalue weighted by Gasteiger charge is 2.37. The molecule has 9 rings (SSSR count). The van der Waals surface area contributed by atoms with Crippen molar-refractivity contribution in [3.63, 3.8) is 0 Å². The zero-order valence-electron chi connectivity index (χ0n) is 39.8. The summed E-state index contributed by atoms with van der Waals surface area (Å²) in [5.74, 6) is -2.28. The molecule has 5 N–H and O–H groups in total. The van der Waals surface area contributed by atoms with E-state index in [-0.39, 0.29) is 36.0 Å². The third-order valence-corrected chi connectivity index (χ3v) is 14.2. The smallest absolute Gasteiger partial charge is 0.328 e. The van der Waals surface area contributed by atoms with E-state index in [9.17, 15) is 24.3 Å². The van der Waals surface area contributed by atoms with Crippen LogP contribution in [0.4, 0.5) is 25.0 Å². The highest BCUT2D eigenvalue weighted by Crippen LogP contribution is 2.42. The maximum absolute atomic E-state index is 15.2. The Balaban J connectivity index is 0.765. The van der Waals surface area contributed by atoms with Crippen molar-refractivity contribution >= 4 is 46.2 Å². The monoisotopic (exact) mass is 953 g/mol. The fourth-order valence-electron chi connectivity index (χ4n) is 9.88. The Morgan fingerprint density at radius 2 is 1.60 bits per heavy atom. The molecule has 0 aliphatic carbocycles. The minimum absolute atomic E-state index is 0.167. The van der Waals surface area contributed by atoms with Crippen molar-refractivity contribution in [3.8, 4) is 28.3 Å². The first kappa shape index (κ1) is 48.0. The lowest BCUT2D eigenvalue weighted by Crippen LogP contribution is -2.49. The Hall–Kier alpha value is -7.08. The number of nitrogens with zero attached hydrogens (tertiary/aromatic N) is 5. The summed E-state index contributed by atoms with van der Waals surface area (Å²) in [6.45, 7) is 11.1. The van der Waals surface area contributed by atoms with Gasteiger partial charge in [-0.25, -0.2) is 23.5 Å². The Bertz CT molecular complexity index is 2970. The molecule has 3 saturated heterocycles. The molecule has 15 nitrogen and oxygen atoms in total. The van der Waals surface area contributed by atoms with Crippen LogP contribution in [0.5, 0.6) is 5.75 Å². The van der Waals surface area contributed by atoms with Crippen molar-refractivity contribution in [3.05, 3.63) is 125 Å². The summed E-state index contributed by atoms with van der Waals surface area (Å²) >= 11 is 0. The molecular weight excluding hydrogens is 897 g/mol. The van der Waals surface area contributed by atoms with Crippen molar-refractivity contribution in [2.45, 2.75) is 65.0 Å². The molecule has 3 fully saturated rings. The number of imide groups is 1. The number of hydrogen-bond donors (Lipinski definition) is 5. The molecule has 5 amide bonds. The zero-order chi connectivity index (χ0) is 49.3. The molecule has 5 heterocycles. The average molecular weight is 954 g/mol. The molecule has 70 heavy (non-hydrogen) atoms. The number of fused-ring (bicyclic) bond motifs is 1. The number of piperidine rings is 2. The fourth-order valence-corrected chi connectivity index (χ4v) is 9.88. The zero-order valence-corrected chi connectivity index (χ0v) is 39.8. The lowest BCUT2D eigenvalue weighted by molar-refractivity contribution is -0.120. The van der Waals surface area contributed by atoms with Crippen LogP contribution in [-0.2, 0) is 16.9 Å². The summed E-state index contributed by atoms with van der Waals surface area (Å²) in [6, 6.07) is 21.3. The Kier molecular flexibility index (Phi) is 13.5. The summed E-state index contributed by atoms with van der Waals surface area (Å²) in [7, 11) is 1.50. The second-order valence-corrected chi connectivity index (χ2v) is 19.2. The topological polar surface area (TPSA) is 185 Å². The van der Waals surface area contributed by atoms with E-state index in [0.717, 1.165) is 82.3 Å². The number of anilines is 2. The van der Waals surface area contributed by atoms with E-state index in [1.165, 1.54) is 62.0 Å². The summed E-state index contributed by atoms with van der Waals surface area (Å²) < 4.78 is 35.7. The van der Waals surface area contributed by atoms with Crippen LogP contribution in [0, 0.1) is 24.0 Å². The first-order valence-electron chi connectivity index (χ1n) is 23.7. The number of H-pyrrole nitrogens is 1. The van der Waals surface area contributed by atoms with Gasteiger partial charge in [0.2, 0.25) is 5.91 Å². The van der Waals surface area contributed by atoms with Gasteiger partial charge in [0.1, 0.15) is 29.4 Å². The number of urea groups is 1. The summed E-state index contributed by atoms with van der Waals surface area (Å²) in [6.07, 6.45) is 6.12.